The molecule has 0 aliphatic rings. The molecule has 0 aliphatic carbocycles. The number of carbonyl (C=O) groups excluding carboxylic acids is 1. The molecule has 0 spiro atoms. The fourth-order valence-electron chi connectivity index (χ4n) is 3.45. The third-order valence-electron chi connectivity index (χ3n) is 5.07. The Morgan fingerprint density at radius 1 is 0.938 bits per heavy atom. The zero-order chi connectivity index (χ0) is 22.5. The normalized spacial score (nSPS) is 10.8. The number of aromatic nitrogens is 3. The van der Waals surface area contributed by atoms with E-state index in [0.29, 0.717) is 16.6 Å². The molecule has 3 aromatic carbocycles. The SMILES string of the molecule is Cc1cccc(C)c1NC(=O)CSc1nnc(Cc2ccccc2)n1-c1ccc(Cl)cc1. The second kappa shape index (κ2) is 10.0. The van der Waals surface area contributed by atoms with E-state index in [1.807, 2.05) is 79.1 Å². The average molecular weight is 463 g/mol. The van der Waals surface area contributed by atoms with Crippen LogP contribution in [0.2, 0.25) is 5.02 Å². The van der Waals surface area contributed by atoms with Gasteiger partial charge in [-0.1, -0.05) is 71.9 Å². The van der Waals surface area contributed by atoms with Crippen LogP contribution < -0.4 is 5.32 Å². The minimum atomic E-state index is -0.0809. The molecule has 0 radical (unpaired) electrons. The van der Waals surface area contributed by atoms with Gasteiger partial charge in [0.25, 0.3) is 0 Å². The second-order valence-electron chi connectivity index (χ2n) is 7.48. The number of anilines is 1. The number of para-hydroxylation sites is 1. The molecule has 1 N–H and O–H groups in total. The fraction of sp³-hybridized carbons (Fsp3) is 0.160. The highest BCUT2D eigenvalue weighted by Gasteiger charge is 2.17. The topological polar surface area (TPSA) is 59.8 Å². The molecule has 5 nitrogen and oxygen atoms in total. The quantitative estimate of drug-likeness (QED) is 0.349. The number of thioether (sulfide) groups is 1. The van der Waals surface area contributed by atoms with Crippen LogP contribution in [-0.4, -0.2) is 26.4 Å². The van der Waals surface area contributed by atoms with Crippen LogP contribution in [0.25, 0.3) is 5.69 Å². The number of hydrogen-bond donors (Lipinski definition) is 1. The highest BCUT2D eigenvalue weighted by atomic mass is 35.5. The van der Waals surface area contributed by atoms with E-state index in [-0.39, 0.29) is 11.7 Å². The van der Waals surface area contributed by atoms with Gasteiger partial charge in [-0.3, -0.25) is 9.36 Å². The Morgan fingerprint density at radius 3 is 2.31 bits per heavy atom. The lowest BCUT2D eigenvalue weighted by molar-refractivity contribution is -0.113. The first-order chi connectivity index (χ1) is 15.5. The van der Waals surface area contributed by atoms with Gasteiger partial charge in [0.2, 0.25) is 5.91 Å². The molecular weight excluding hydrogens is 440 g/mol. The van der Waals surface area contributed by atoms with Gasteiger partial charge in [0.15, 0.2) is 5.16 Å². The van der Waals surface area contributed by atoms with Crippen LogP contribution in [0.4, 0.5) is 5.69 Å². The van der Waals surface area contributed by atoms with Crippen molar-refractivity contribution in [1.82, 2.24) is 14.8 Å². The third kappa shape index (κ3) is 5.21. The van der Waals surface area contributed by atoms with Gasteiger partial charge in [-0.05, 0) is 54.8 Å². The van der Waals surface area contributed by atoms with Crippen molar-refractivity contribution in [2.45, 2.75) is 25.4 Å². The summed E-state index contributed by atoms with van der Waals surface area (Å²) in [6.07, 6.45) is 0.631. The minimum Gasteiger partial charge on any atom is -0.325 e. The van der Waals surface area contributed by atoms with Crippen molar-refractivity contribution in [1.29, 1.82) is 0 Å². The van der Waals surface area contributed by atoms with Crippen LogP contribution in [0, 0.1) is 13.8 Å². The van der Waals surface area contributed by atoms with E-state index in [9.17, 15) is 4.79 Å². The van der Waals surface area contributed by atoms with Gasteiger partial charge in [0.05, 0.1) is 5.75 Å². The first-order valence-electron chi connectivity index (χ1n) is 10.2. The molecule has 1 heterocycles. The third-order valence-corrected chi connectivity index (χ3v) is 6.25. The van der Waals surface area contributed by atoms with Crippen molar-refractivity contribution in [2.75, 3.05) is 11.1 Å². The first kappa shape index (κ1) is 22.1. The summed E-state index contributed by atoms with van der Waals surface area (Å²) < 4.78 is 1.99. The van der Waals surface area contributed by atoms with Crippen LogP contribution >= 0.6 is 23.4 Å². The Labute approximate surface area is 196 Å². The molecular formula is C25H23ClN4OS. The summed E-state index contributed by atoms with van der Waals surface area (Å²) in [5.41, 5.74) is 4.99. The summed E-state index contributed by atoms with van der Waals surface area (Å²) in [5.74, 6) is 0.948. The van der Waals surface area contributed by atoms with Gasteiger partial charge in [0.1, 0.15) is 5.82 Å². The molecule has 0 bridgehead atoms. The molecule has 7 heteroatoms. The Hall–Kier alpha value is -3.09. The predicted molar refractivity (Wildman–Crippen MR) is 131 cm³/mol. The number of rotatable bonds is 7. The molecule has 0 atom stereocenters. The van der Waals surface area contributed by atoms with Crippen LogP contribution in [0.15, 0.2) is 78.0 Å². The second-order valence-corrected chi connectivity index (χ2v) is 8.86. The molecule has 0 unspecified atom stereocenters. The first-order valence-corrected chi connectivity index (χ1v) is 11.6. The molecule has 1 aromatic heterocycles. The highest BCUT2D eigenvalue weighted by molar-refractivity contribution is 7.99. The number of benzene rings is 3. The monoisotopic (exact) mass is 462 g/mol. The van der Waals surface area contributed by atoms with Crippen LogP contribution in [-0.2, 0) is 11.2 Å². The lowest BCUT2D eigenvalue weighted by Crippen LogP contribution is -2.16. The van der Waals surface area contributed by atoms with Gasteiger partial charge < -0.3 is 5.32 Å². The number of carbonyl (C=O) groups is 1. The Balaban J connectivity index is 1.56. The molecule has 1 amide bonds. The Bertz CT molecular complexity index is 1200. The summed E-state index contributed by atoms with van der Waals surface area (Å²) >= 11 is 7.45. The largest absolute Gasteiger partial charge is 0.325 e. The standard InChI is InChI=1S/C25H23ClN4OS/c1-17-7-6-8-18(2)24(17)27-23(31)16-32-25-29-28-22(15-19-9-4-3-5-10-19)30(25)21-13-11-20(26)12-14-21/h3-14H,15-16H2,1-2H3,(H,27,31). The number of amides is 1. The number of nitrogens with zero attached hydrogens (tertiary/aromatic N) is 3. The Morgan fingerprint density at radius 2 is 1.62 bits per heavy atom. The summed E-state index contributed by atoms with van der Waals surface area (Å²) in [6, 6.07) is 23.6. The van der Waals surface area contributed by atoms with E-state index in [2.05, 4.69) is 27.6 Å². The van der Waals surface area contributed by atoms with Gasteiger partial charge >= 0.3 is 0 Å². The minimum absolute atomic E-state index is 0.0809. The molecule has 0 aliphatic heterocycles. The van der Waals surface area contributed by atoms with Crippen molar-refractivity contribution in [2.24, 2.45) is 0 Å². The van der Waals surface area contributed by atoms with Crippen molar-refractivity contribution >= 4 is 35.0 Å². The van der Waals surface area contributed by atoms with Crippen LogP contribution in [0.3, 0.4) is 0 Å². The van der Waals surface area contributed by atoms with E-state index >= 15 is 0 Å². The lowest BCUT2D eigenvalue weighted by Gasteiger charge is -2.12. The maximum atomic E-state index is 12.7. The zero-order valence-corrected chi connectivity index (χ0v) is 19.5. The number of halogens is 1. The smallest absolute Gasteiger partial charge is 0.234 e. The van der Waals surface area contributed by atoms with E-state index in [1.54, 1.807) is 0 Å². The molecule has 162 valence electrons. The zero-order valence-electron chi connectivity index (χ0n) is 17.9. The van der Waals surface area contributed by atoms with Crippen molar-refractivity contribution in [3.8, 4) is 5.69 Å². The number of aryl methyl sites for hydroxylation is 2. The average Bonchev–Trinajstić information content (AvgIpc) is 3.18. The van der Waals surface area contributed by atoms with Gasteiger partial charge in [-0.25, -0.2) is 0 Å². The summed E-state index contributed by atoms with van der Waals surface area (Å²) in [7, 11) is 0. The molecule has 4 rings (SSSR count). The maximum absolute atomic E-state index is 12.7. The van der Waals surface area contributed by atoms with Crippen molar-refractivity contribution in [3.05, 3.63) is 100 Å². The highest BCUT2D eigenvalue weighted by Crippen LogP contribution is 2.25. The van der Waals surface area contributed by atoms with E-state index in [0.717, 1.165) is 33.9 Å². The fourth-order valence-corrected chi connectivity index (χ4v) is 4.35. The molecule has 0 saturated carbocycles. The van der Waals surface area contributed by atoms with E-state index < -0.39 is 0 Å². The molecule has 4 aromatic rings. The van der Waals surface area contributed by atoms with Gasteiger partial charge in [-0.2, -0.15) is 0 Å². The van der Waals surface area contributed by atoms with Gasteiger partial charge in [0, 0.05) is 22.8 Å². The molecule has 0 fully saturated rings. The predicted octanol–water partition coefficient (Wildman–Crippen LogP) is 5.86. The summed E-state index contributed by atoms with van der Waals surface area (Å²) in [5, 5.41) is 13.2. The molecule has 32 heavy (non-hydrogen) atoms. The summed E-state index contributed by atoms with van der Waals surface area (Å²) in [4.78, 5) is 12.7. The van der Waals surface area contributed by atoms with Gasteiger partial charge in [-0.15, -0.1) is 10.2 Å². The molecule has 0 saturated heterocycles. The van der Waals surface area contributed by atoms with Crippen LogP contribution in [0.5, 0.6) is 0 Å². The van der Waals surface area contributed by atoms with E-state index in [1.165, 1.54) is 11.8 Å². The summed E-state index contributed by atoms with van der Waals surface area (Å²) in [6.45, 7) is 3.98. The Kier molecular flexibility index (Phi) is 6.93. The maximum Gasteiger partial charge on any atom is 0.234 e. The van der Waals surface area contributed by atoms with E-state index in [4.69, 9.17) is 11.6 Å². The number of hydrogen-bond acceptors (Lipinski definition) is 4. The van der Waals surface area contributed by atoms with Crippen molar-refractivity contribution < 1.29 is 4.79 Å². The number of nitrogens with one attached hydrogen (secondary N) is 1. The van der Waals surface area contributed by atoms with Crippen LogP contribution in [0.1, 0.15) is 22.5 Å². The van der Waals surface area contributed by atoms with Crippen molar-refractivity contribution in [3.63, 3.8) is 0 Å². The lowest BCUT2D eigenvalue weighted by atomic mass is 10.1.